The van der Waals surface area contributed by atoms with Crippen molar-refractivity contribution >= 4 is 27.3 Å². The molecule has 0 aliphatic carbocycles. The first-order valence-corrected chi connectivity index (χ1v) is 6.84. The van der Waals surface area contributed by atoms with Crippen molar-refractivity contribution in [1.29, 1.82) is 0 Å². The highest BCUT2D eigenvalue weighted by Crippen LogP contribution is 2.07. The monoisotopic (exact) mass is 267 g/mol. The van der Waals surface area contributed by atoms with Crippen molar-refractivity contribution in [2.24, 2.45) is 0 Å². The number of nitrogens with zero attached hydrogens (tertiary/aromatic N) is 2. The summed E-state index contributed by atoms with van der Waals surface area (Å²) >= 11 is 5.37. The van der Waals surface area contributed by atoms with Gasteiger partial charge in [0.2, 0.25) is 10.0 Å². The number of ether oxygens (including phenoxy) is 1. The van der Waals surface area contributed by atoms with Crippen LogP contribution in [0.3, 0.4) is 0 Å². The average molecular weight is 268 g/mol. The third-order valence-electron chi connectivity index (χ3n) is 1.78. The van der Waals surface area contributed by atoms with E-state index in [0.29, 0.717) is 18.8 Å². The van der Waals surface area contributed by atoms with Crippen molar-refractivity contribution in [3.8, 4) is 0 Å². The van der Waals surface area contributed by atoms with Crippen molar-refractivity contribution in [3.63, 3.8) is 0 Å². The number of nitrogens with one attached hydrogen (secondary N) is 1. The summed E-state index contributed by atoms with van der Waals surface area (Å²) in [6.07, 6.45) is 3.05. The number of aromatic nitrogens is 2. The lowest BCUT2D eigenvalue weighted by molar-refractivity contribution is 0.183. The Morgan fingerprint density at radius 3 is 3.00 bits per heavy atom. The molecule has 16 heavy (non-hydrogen) atoms. The molecule has 0 aliphatic heterocycles. The van der Waals surface area contributed by atoms with Crippen LogP contribution in [-0.2, 0) is 21.3 Å². The molecule has 1 heterocycles. The van der Waals surface area contributed by atoms with Crippen LogP contribution in [0.25, 0.3) is 0 Å². The fraction of sp³-hybridized carbons (Fsp3) is 0.625. The molecule has 0 saturated heterocycles. The lowest BCUT2D eigenvalue weighted by Gasteiger charge is -2.02. The van der Waals surface area contributed by atoms with Crippen molar-refractivity contribution in [2.75, 3.05) is 30.1 Å². The fourth-order valence-corrected chi connectivity index (χ4v) is 2.43. The molecule has 92 valence electrons. The molecule has 0 atom stereocenters. The minimum atomic E-state index is -3.36. The lowest BCUT2D eigenvalue weighted by Crippen LogP contribution is -2.17. The maximum atomic E-state index is 11.4. The Labute approximate surface area is 99.6 Å². The minimum absolute atomic E-state index is 0.0626. The molecule has 0 radical (unpaired) electrons. The number of anilines is 1. The van der Waals surface area contributed by atoms with Crippen molar-refractivity contribution in [3.05, 3.63) is 12.4 Å². The normalized spacial score (nSPS) is 11.6. The van der Waals surface area contributed by atoms with Gasteiger partial charge in [-0.3, -0.25) is 9.40 Å². The Hall–Kier alpha value is -0.790. The SMILES string of the molecule is COCCn1cc(NS(=O)(=O)CCCl)cn1. The largest absolute Gasteiger partial charge is 0.383 e. The fourth-order valence-electron chi connectivity index (χ4n) is 1.06. The number of rotatable bonds is 7. The average Bonchev–Trinajstić information content (AvgIpc) is 2.61. The molecule has 1 aromatic heterocycles. The van der Waals surface area contributed by atoms with Gasteiger partial charge in [-0.2, -0.15) is 5.10 Å². The van der Waals surface area contributed by atoms with E-state index in [1.165, 1.54) is 6.20 Å². The maximum absolute atomic E-state index is 11.4. The number of hydrogen-bond donors (Lipinski definition) is 1. The van der Waals surface area contributed by atoms with Crippen LogP contribution >= 0.6 is 11.6 Å². The molecule has 1 N–H and O–H groups in total. The van der Waals surface area contributed by atoms with E-state index >= 15 is 0 Å². The second kappa shape index (κ2) is 6.07. The molecule has 0 bridgehead atoms. The summed E-state index contributed by atoms with van der Waals surface area (Å²) in [5.74, 6) is -0.0506. The minimum Gasteiger partial charge on any atom is -0.383 e. The first kappa shape index (κ1) is 13.3. The molecule has 1 rings (SSSR count). The van der Waals surface area contributed by atoms with Crippen LogP contribution in [0.2, 0.25) is 0 Å². The van der Waals surface area contributed by atoms with Crippen molar-refractivity contribution in [2.45, 2.75) is 6.54 Å². The molecular weight excluding hydrogens is 254 g/mol. The Morgan fingerprint density at radius 1 is 1.62 bits per heavy atom. The zero-order valence-electron chi connectivity index (χ0n) is 8.89. The first-order chi connectivity index (χ1) is 7.57. The van der Waals surface area contributed by atoms with Crippen molar-refractivity contribution < 1.29 is 13.2 Å². The van der Waals surface area contributed by atoms with Gasteiger partial charge in [-0.1, -0.05) is 0 Å². The third-order valence-corrected chi connectivity index (χ3v) is 3.48. The van der Waals surface area contributed by atoms with E-state index in [9.17, 15) is 8.42 Å². The molecule has 0 aromatic carbocycles. The standard InChI is InChI=1S/C8H14ClN3O3S/c1-15-4-3-12-7-8(6-10-12)11-16(13,14)5-2-9/h6-7,11H,2-5H2,1H3. The van der Waals surface area contributed by atoms with Crippen molar-refractivity contribution in [1.82, 2.24) is 9.78 Å². The van der Waals surface area contributed by atoms with Crippen LogP contribution in [0, 0.1) is 0 Å². The molecule has 0 spiro atoms. The Morgan fingerprint density at radius 2 is 2.38 bits per heavy atom. The predicted octanol–water partition coefficient (Wildman–Crippen LogP) is 0.510. The molecule has 0 fully saturated rings. The number of halogens is 1. The number of sulfonamides is 1. The molecule has 1 aromatic rings. The molecule has 8 heteroatoms. The molecule has 6 nitrogen and oxygen atoms in total. The van der Waals surface area contributed by atoms with Gasteiger partial charge in [0.25, 0.3) is 0 Å². The summed E-state index contributed by atoms with van der Waals surface area (Å²) < 4.78 is 31.6. The quantitative estimate of drug-likeness (QED) is 0.731. The van der Waals surface area contributed by atoms with E-state index in [4.69, 9.17) is 16.3 Å². The van der Waals surface area contributed by atoms with Gasteiger partial charge in [0.15, 0.2) is 0 Å². The number of hydrogen-bond acceptors (Lipinski definition) is 4. The summed E-state index contributed by atoms with van der Waals surface area (Å²) in [5, 5.41) is 3.97. The van der Waals surface area contributed by atoms with E-state index in [-0.39, 0.29) is 11.6 Å². The van der Waals surface area contributed by atoms with Crippen LogP contribution < -0.4 is 4.72 Å². The van der Waals surface area contributed by atoms with E-state index in [1.807, 2.05) is 0 Å². The predicted molar refractivity (Wildman–Crippen MR) is 62.2 cm³/mol. The summed E-state index contributed by atoms with van der Waals surface area (Å²) in [6, 6.07) is 0. The second-order valence-electron chi connectivity index (χ2n) is 3.09. The Bertz CT molecular complexity index is 418. The van der Waals surface area contributed by atoms with Gasteiger partial charge in [-0.15, -0.1) is 11.6 Å². The van der Waals surface area contributed by atoms with E-state index < -0.39 is 10.0 Å². The highest BCUT2D eigenvalue weighted by molar-refractivity contribution is 7.92. The summed E-state index contributed by atoms with van der Waals surface area (Å²) in [7, 11) is -1.77. The lowest BCUT2D eigenvalue weighted by atomic mass is 10.6. The van der Waals surface area contributed by atoms with Crippen LogP contribution in [-0.4, -0.2) is 43.5 Å². The second-order valence-corrected chi connectivity index (χ2v) is 5.31. The summed E-state index contributed by atoms with van der Waals surface area (Å²) in [4.78, 5) is 0. The molecule has 0 amide bonds. The van der Waals surface area contributed by atoms with Crippen LogP contribution in [0.15, 0.2) is 12.4 Å². The zero-order valence-corrected chi connectivity index (χ0v) is 10.5. The first-order valence-electron chi connectivity index (χ1n) is 4.65. The van der Waals surface area contributed by atoms with Gasteiger partial charge < -0.3 is 4.74 Å². The van der Waals surface area contributed by atoms with E-state index in [1.54, 1.807) is 18.0 Å². The van der Waals surface area contributed by atoms with Gasteiger partial charge >= 0.3 is 0 Å². The third kappa shape index (κ3) is 4.38. The highest BCUT2D eigenvalue weighted by Gasteiger charge is 2.10. The van der Waals surface area contributed by atoms with Crippen LogP contribution in [0.1, 0.15) is 0 Å². The van der Waals surface area contributed by atoms with Gasteiger partial charge in [-0.25, -0.2) is 8.42 Å². The number of methoxy groups -OCH3 is 1. The molecular formula is C8H14ClN3O3S. The van der Waals surface area contributed by atoms with Gasteiger partial charge in [0.1, 0.15) is 0 Å². The molecule has 0 aliphatic rings. The zero-order chi connectivity index (χ0) is 12.0. The highest BCUT2D eigenvalue weighted by atomic mass is 35.5. The van der Waals surface area contributed by atoms with Crippen LogP contribution in [0.5, 0.6) is 0 Å². The topological polar surface area (TPSA) is 73.2 Å². The summed E-state index contributed by atoms with van der Waals surface area (Å²) in [6.45, 7) is 1.10. The van der Waals surface area contributed by atoms with Gasteiger partial charge in [-0.05, 0) is 0 Å². The van der Waals surface area contributed by atoms with Gasteiger partial charge in [0, 0.05) is 19.2 Å². The summed E-state index contributed by atoms with van der Waals surface area (Å²) in [5.41, 5.74) is 0.432. The van der Waals surface area contributed by atoms with Gasteiger partial charge in [0.05, 0.1) is 30.8 Å². The Balaban J connectivity index is 2.58. The van der Waals surface area contributed by atoms with E-state index in [2.05, 4.69) is 9.82 Å². The molecule has 0 saturated carbocycles. The Kier molecular flexibility index (Phi) is 5.04. The maximum Gasteiger partial charge on any atom is 0.234 e. The smallest absolute Gasteiger partial charge is 0.234 e. The van der Waals surface area contributed by atoms with Crippen LogP contribution in [0.4, 0.5) is 5.69 Å². The molecule has 0 unspecified atom stereocenters. The van der Waals surface area contributed by atoms with E-state index in [0.717, 1.165) is 0 Å². The number of alkyl halides is 1.